The highest BCUT2D eigenvalue weighted by atomic mass is 35.5. The lowest BCUT2D eigenvalue weighted by Gasteiger charge is -2.23. The largest absolute Gasteiger partial charge is 0.481 e. The molecule has 0 atom stereocenters. The van der Waals surface area contributed by atoms with E-state index >= 15 is 0 Å². The topological polar surface area (TPSA) is 57.6 Å². The molecule has 5 heteroatoms. The number of amides is 1. The number of hydrogen-bond donors (Lipinski definition) is 1. The van der Waals surface area contributed by atoms with Gasteiger partial charge in [0.2, 0.25) is 5.91 Å². The molecule has 0 aliphatic carbocycles. The predicted octanol–water partition coefficient (Wildman–Crippen LogP) is 3.34. The van der Waals surface area contributed by atoms with Crippen LogP contribution in [0.2, 0.25) is 5.02 Å². The zero-order valence-electron chi connectivity index (χ0n) is 10.9. The van der Waals surface area contributed by atoms with Crippen LogP contribution in [0, 0.1) is 0 Å². The summed E-state index contributed by atoms with van der Waals surface area (Å²) >= 11 is 6.07. The molecular weight excluding hydrogens is 266 g/mol. The zero-order chi connectivity index (χ0) is 14.3. The summed E-state index contributed by atoms with van der Waals surface area (Å²) in [6.07, 6.45) is 2.01. The number of rotatable bonds is 7. The Balaban J connectivity index is 2.88. The molecule has 1 aromatic carbocycles. The summed E-state index contributed by atoms with van der Waals surface area (Å²) in [6.45, 7) is 2.14. The van der Waals surface area contributed by atoms with Crippen molar-refractivity contribution >= 4 is 29.2 Å². The molecule has 1 N–H and O–H groups in total. The number of carbonyl (C=O) groups excluding carboxylic acids is 1. The van der Waals surface area contributed by atoms with E-state index < -0.39 is 5.97 Å². The fraction of sp³-hybridized carbons (Fsp3) is 0.429. The fourth-order valence-corrected chi connectivity index (χ4v) is 1.96. The molecule has 0 saturated heterocycles. The van der Waals surface area contributed by atoms with Gasteiger partial charge in [-0.25, -0.2) is 0 Å². The Morgan fingerprint density at radius 3 is 2.53 bits per heavy atom. The molecular formula is C14H18ClNO3. The molecule has 0 unspecified atom stereocenters. The fourth-order valence-electron chi connectivity index (χ4n) is 1.72. The van der Waals surface area contributed by atoms with Gasteiger partial charge in [0, 0.05) is 13.0 Å². The summed E-state index contributed by atoms with van der Waals surface area (Å²) in [7, 11) is 0. The highest BCUT2D eigenvalue weighted by Crippen LogP contribution is 2.26. The van der Waals surface area contributed by atoms with Gasteiger partial charge in [0.05, 0.1) is 17.1 Å². The van der Waals surface area contributed by atoms with Crippen molar-refractivity contribution in [2.24, 2.45) is 0 Å². The van der Waals surface area contributed by atoms with E-state index in [9.17, 15) is 9.59 Å². The van der Waals surface area contributed by atoms with E-state index in [1.165, 1.54) is 4.90 Å². The second-order valence-corrected chi connectivity index (χ2v) is 4.65. The van der Waals surface area contributed by atoms with Gasteiger partial charge in [-0.3, -0.25) is 9.59 Å². The number of benzene rings is 1. The number of carbonyl (C=O) groups is 2. The molecule has 19 heavy (non-hydrogen) atoms. The Hall–Kier alpha value is -1.55. The van der Waals surface area contributed by atoms with Crippen LogP contribution < -0.4 is 4.90 Å². The van der Waals surface area contributed by atoms with Crippen LogP contribution in [0.3, 0.4) is 0 Å². The van der Waals surface area contributed by atoms with Gasteiger partial charge in [-0.2, -0.15) is 0 Å². The molecule has 1 rings (SSSR count). The van der Waals surface area contributed by atoms with E-state index in [-0.39, 0.29) is 18.9 Å². The Morgan fingerprint density at radius 1 is 1.26 bits per heavy atom. The number of aliphatic carboxylic acids is 1. The van der Waals surface area contributed by atoms with Crippen molar-refractivity contribution in [2.45, 2.75) is 32.6 Å². The number of carboxylic acids is 1. The number of halogens is 1. The minimum atomic E-state index is -0.930. The first-order valence-electron chi connectivity index (χ1n) is 6.33. The Kier molecular flexibility index (Phi) is 6.36. The van der Waals surface area contributed by atoms with Crippen LogP contribution in [-0.2, 0) is 9.59 Å². The van der Waals surface area contributed by atoms with Crippen molar-refractivity contribution in [3.63, 3.8) is 0 Å². The maximum absolute atomic E-state index is 12.1. The van der Waals surface area contributed by atoms with Crippen LogP contribution in [0.5, 0.6) is 0 Å². The molecule has 0 aromatic heterocycles. The SMILES string of the molecule is CCCCC(=O)N(CCC(=O)O)c1ccccc1Cl. The first-order valence-corrected chi connectivity index (χ1v) is 6.70. The van der Waals surface area contributed by atoms with Gasteiger partial charge in [-0.15, -0.1) is 0 Å². The molecule has 0 bridgehead atoms. The maximum Gasteiger partial charge on any atom is 0.305 e. The lowest BCUT2D eigenvalue weighted by molar-refractivity contribution is -0.136. The molecule has 0 fully saturated rings. The molecule has 1 amide bonds. The average molecular weight is 284 g/mol. The van der Waals surface area contributed by atoms with Crippen LogP contribution in [0.25, 0.3) is 0 Å². The molecule has 0 spiro atoms. The third-order valence-electron chi connectivity index (χ3n) is 2.74. The summed E-state index contributed by atoms with van der Waals surface area (Å²) in [6, 6.07) is 6.98. The molecule has 0 radical (unpaired) electrons. The van der Waals surface area contributed by atoms with Crippen LogP contribution in [0.15, 0.2) is 24.3 Å². The lowest BCUT2D eigenvalue weighted by Crippen LogP contribution is -2.33. The highest BCUT2D eigenvalue weighted by molar-refractivity contribution is 6.33. The Bertz CT molecular complexity index is 448. The molecule has 0 heterocycles. The Morgan fingerprint density at radius 2 is 1.95 bits per heavy atom. The minimum Gasteiger partial charge on any atom is -0.481 e. The van der Waals surface area contributed by atoms with Gasteiger partial charge in [0.25, 0.3) is 0 Å². The molecule has 0 aliphatic rings. The van der Waals surface area contributed by atoms with E-state index in [1.54, 1.807) is 24.3 Å². The van der Waals surface area contributed by atoms with Crippen LogP contribution in [-0.4, -0.2) is 23.5 Å². The second-order valence-electron chi connectivity index (χ2n) is 4.24. The number of nitrogens with zero attached hydrogens (tertiary/aromatic N) is 1. The van der Waals surface area contributed by atoms with E-state index in [4.69, 9.17) is 16.7 Å². The summed E-state index contributed by atoms with van der Waals surface area (Å²) < 4.78 is 0. The van der Waals surface area contributed by atoms with Gasteiger partial charge in [0.15, 0.2) is 0 Å². The van der Waals surface area contributed by atoms with Crippen molar-refractivity contribution in [2.75, 3.05) is 11.4 Å². The monoisotopic (exact) mass is 283 g/mol. The van der Waals surface area contributed by atoms with E-state index in [0.29, 0.717) is 17.1 Å². The summed E-state index contributed by atoms with van der Waals surface area (Å²) in [5, 5.41) is 9.22. The predicted molar refractivity (Wildman–Crippen MR) is 75.6 cm³/mol. The number of para-hydroxylation sites is 1. The van der Waals surface area contributed by atoms with Crippen LogP contribution in [0.4, 0.5) is 5.69 Å². The first-order chi connectivity index (χ1) is 9.06. The van der Waals surface area contributed by atoms with Crippen molar-refractivity contribution in [1.29, 1.82) is 0 Å². The van der Waals surface area contributed by atoms with Crippen molar-refractivity contribution in [1.82, 2.24) is 0 Å². The summed E-state index contributed by atoms with van der Waals surface area (Å²) in [5.41, 5.74) is 0.575. The lowest BCUT2D eigenvalue weighted by atomic mass is 10.2. The molecule has 4 nitrogen and oxygen atoms in total. The van der Waals surface area contributed by atoms with Crippen LogP contribution >= 0.6 is 11.6 Å². The van der Waals surface area contributed by atoms with Crippen molar-refractivity contribution in [3.05, 3.63) is 29.3 Å². The first kappa shape index (κ1) is 15.5. The van der Waals surface area contributed by atoms with E-state index in [2.05, 4.69) is 0 Å². The van der Waals surface area contributed by atoms with Gasteiger partial charge in [-0.05, 0) is 18.6 Å². The summed E-state index contributed by atoms with van der Waals surface area (Å²) in [4.78, 5) is 24.3. The zero-order valence-corrected chi connectivity index (χ0v) is 11.7. The third-order valence-corrected chi connectivity index (χ3v) is 3.06. The standard InChI is InChI=1S/C14H18ClNO3/c1-2-3-8-13(17)16(10-9-14(18)19)12-7-5-4-6-11(12)15/h4-7H,2-3,8-10H2,1H3,(H,18,19). The minimum absolute atomic E-state index is 0.0869. The smallest absolute Gasteiger partial charge is 0.305 e. The number of carboxylic acid groups (broad SMARTS) is 1. The molecule has 0 aliphatic heterocycles. The van der Waals surface area contributed by atoms with Gasteiger partial charge < -0.3 is 10.0 Å². The number of anilines is 1. The number of hydrogen-bond acceptors (Lipinski definition) is 2. The van der Waals surface area contributed by atoms with Gasteiger partial charge in [0.1, 0.15) is 0 Å². The Labute approximate surface area is 118 Å². The highest BCUT2D eigenvalue weighted by Gasteiger charge is 2.18. The van der Waals surface area contributed by atoms with Crippen molar-refractivity contribution < 1.29 is 14.7 Å². The summed E-state index contributed by atoms with van der Waals surface area (Å²) in [5.74, 6) is -1.02. The number of unbranched alkanes of at least 4 members (excludes halogenated alkanes) is 1. The average Bonchev–Trinajstić information content (AvgIpc) is 2.38. The van der Waals surface area contributed by atoms with E-state index in [1.807, 2.05) is 6.92 Å². The molecule has 1 aromatic rings. The van der Waals surface area contributed by atoms with Gasteiger partial charge in [-0.1, -0.05) is 37.1 Å². The maximum atomic E-state index is 12.1. The quantitative estimate of drug-likeness (QED) is 0.835. The molecule has 0 saturated carbocycles. The van der Waals surface area contributed by atoms with Crippen molar-refractivity contribution in [3.8, 4) is 0 Å². The second kappa shape index (κ2) is 7.79. The van der Waals surface area contributed by atoms with Crippen LogP contribution in [0.1, 0.15) is 32.6 Å². The van der Waals surface area contributed by atoms with Gasteiger partial charge >= 0.3 is 5.97 Å². The normalized spacial score (nSPS) is 10.2. The molecule has 104 valence electrons. The third kappa shape index (κ3) is 4.91. The van der Waals surface area contributed by atoms with E-state index in [0.717, 1.165) is 12.8 Å².